The molecule has 1 aliphatic rings. The Morgan fingerprint density at radius 3 is 2.96 bits per heavy atom. The van der Waals surface area contributed by atoms with Gasteiger partial charge in [-0.15, -0.1) is 0 Å². The summed E-state index contributed by atoms with van der Waals surface area (Å²) in [5, 5.41) is 11.5. The number of hydrogen-bond donors (Lipinski definition) is 2. The summed E-state index contributed by atoms with van der Waals surface area (Å²) in [6.07, 6.45) is 3.75. The van der Waals surface area contributed by atoms with Gasteiger partial charge in [0.25, 0.3) is 5.91 Å². The average Bonchev–Trinajstić information content (AvgIpc) is 3.01. The summed E-state index contributed by atoms with van der Waals surface area (Å²) in [5.74, 6) is 0.109. The molecule has 2 N–H and O–H groups in total. The molecule has 0 bridgehead atoms. The Morgan fingerprint density at radius 1 is 1.46 bits per heavy atom. The number of nitrogens with zero attached hydrogens (tertiary/aromatic N) is 2. The third kappa shape index (κ3) is 3.62. The highest BCUT2D eigenvalue weighted by Gasteiger charge is 2.23. The Morgan fingerprint density at radius 2 is 2.29 bits per heavy atom. The third-order valence-electron chi connectivity index (χ3n) is 4.28. The molecule has 0 aliphatic carbocycles. The first kappa shape index (κ1) is 17.0. The molecule has 1 aromatic heterocycles. The van der Waals surface area contributed by atoms with Crippen molar-refractivity contribution in [2.24, 2.45) is 0 Å². The number of halogens is 1. The monoisotopic (exact) mass is 346 g/mol. The van der Waals surface area contributed by atoms with Crippen LogP contribution in [0.15, 0.2) is 30.5 Å². The topological polar surface area (TPSA) is 59.0 Å². The number of aromatic nitrogens is 2. The molecule has 2 heterocycles. The summed E-state index contributed by atoms with van der Waals surface area (Å²) in [4.78, 5) is 12.7. The molecule has 1 aromatic carbocycles. The van der Waals surface area contributed by atoms with E-state index in [1.165, 1.54) is 0 Å². The van der Waals surface area contributed by atoms with Gasteiger partial charge >= 0.3 is 0 Å². The quantitative estimate of drug-likeness (QED) is 0.894. The predicted octanol–water partition coefficient (Wildman–Crippen LogP) is 3.13. The van der Waals surface area contributed by atoms with Gasteiger partial charge in [-0.2, -0.15) is 5.10 Å². The van der Waals surface area contributed by atoms with Crippen molar-refractivity contribution in [2.75, 3.05) is 13.1 Å². The molecule has 0 spiro atoms. The molecular formula is C18H23ClN4O. The van der Waals surface area contributed by atoms with E-state index in [-0.39, 0.29) is 17.9 Å². The SMILES string of the molecule is CC(C)c1c(C(=O)N[C@H]2CCCNC2)cnn1-c1cccc(Cl)c1. The first-order chi connectivity index (χ1) is 11.6. The molecule has 6 heteroatoms. The van der Waals surface area contributed by atoms with Gasteiger partial charge in [0.1, 0.15) is 0 Å². The Balaban J connectivity index is 1.89. The first-order valence-corrected chi connectivity index (χ1v) is 8.79. The lowest BCUT2D eigenvalue weighted by atomic mass is 10.0. The Labute approximate surface area is 147 Å². The maximum absolute atomic E-state index is 12.7. The van der Waals surface area contributed by atoms with E-state index in [1.54, 1.807) is 6.20 Å². The minimum Gasteiger partial charge on any atom is -0.348 e. The van der Waals surface area contributed by atoms with E-state index in [4.69, 9.17) is 11.6 Å². The van der Waals surface area contributed by atoms with Crippen LogP contribution >= 0.6 is 11.6 Å². The standard InChI is InChI=1S/C18H23ClN4O/c1-12(2)17-16(18(24)22-14-6-4-8-20-10-14)11-21-23(17)15-7-3-5-13(19)9-15/h3,5,7,9,11-12,14,20H,4,6,8,10H2,1-2H3,(H,22,24)/t14-/m0/s1. The number of amides is 1. The van der Waals surface area contributed by atoms with Crippen LogP contribution in [-0.2, 0) is 0 Å². The van der Waals surface area contributed by atoms with E-state index < -0.39 is 0 Å². The fourth-order valence-electron chi connectivity index (χ4n) is 3.14. The molecule has 1 aliphatic heterocycles. The maximum Gasteiger partial charge on any atom is 0.255 e. The van der Waals surface area contributed by atoms with Crippen LogP contribution in [0.2, 0.25) is 5.02 Å². The second-order valence-corrected chi connectivity index (χ2v) is 6.94. The zero-order chi connectivity index (χ0) is 17.1. The zero-order valence-corrected chi connectivity index (χ0v) is 14.8. The number of carbonyl (C=O) groups is 1. The molecule has 0 unspecified atom stereocenters. The summed E-state index contributed by atoms with van der Waals surface area (Å²) < 4.78 is 1.81. The van der Waals surface area contributed by atoms with Gasteiger partial charge in [0, 0.05) is 17.6 Å². The lowest BCUT2D eigenvalue weighted by molar-refractivity contribution is 0.0929. The molecule has 1 saturated heterocycles. The van der Waals surface area contributed by atoms with Crippen LogP contribution in [0.4, 0.5) is 0 Å². The fraction of sp³-hybridized carbons (Fsp3) is 0.444. The van der Waals surface area contributed by atoms with Crippen LogP contribution in [0.25, 0.3) is 5.69 Å². The first-order valence-electron chi connectivity index (χ1n) is 8.41. The molecular weight excluding hydrogens is 324 g/mol. The summed E-state index contributed by atoms with van der Waals surface area (Å²) in [6.45, 7) is 5.98. The molecule has 0 radical (unpaired) electrons. The summed E-state index contributed by atoms with van der Waals surface area (Å²) in [7, 11) is 0. The van der Waals surface area contributed by atoms with Crippen molar-refractivity contribution in [3.8, 4) is 5.69 Å². The highest BCUT2D eigenvalue weighted by molar-refractivity contribution is 6.30. The van der Waals surface area contributed by atoms with Crippen molar-refractivity contribution in [3.63, 3.8) is 0 Å². The maximum atomic E-state index is 12.7. The normalized spacial score (nSPS) is 17.9. The zero-order valence-electron chi connectivity index (χ0n) is 14.1. The second kappa shape index (κ2) is 7.36. The number of benzene rings is 1. The number of piperidine rings is 1. The van der Waals surface area contributed by atoms with Crippen molar-refractivity contribution in [1.29, 1.82) is 0 Å². The molecule has 1 fully saturated rings. The highest BCUT2D eigenvalue weighted by atomic mass is 35.5. The van der Waals surface area contributed by atoms with Crippen molar-refractivity contribution in [2.45, 2.75) is 38.6 Å². The highest BCUT2D eigenvalue weighted by Crippen LogP contribution is 2.24. The molecule has 5 nitrogen and oxygen atoms in total. The molecule has 128 valence electrons. The van der Waals surface area contributed by atoms with Crippen molar-refractivity contribution >= 4 is 17.5 Å². The van der Waals surface area contributed by atoms with E-state index in [0.29, 0.717) is 10.6 Å². The molecule has 24 heavy (non-hydrogen) atoms. The van der Waals surface area contributed by atoms with E-state index in [2.05, 4.69) is 29.6 Å². The van der Waals surface area contributed by atoms with Crippen LogP contribution < -0.4 is 10.6 Å². The average molecular weight is 347 g/mol. The van der Waals surface area contributed by atoms with Crippen molar-refractivity contribution in [1.82, 2.24) is 20.4 Å². The van der Waals surface area contributed by atoms with E-state index in [1.807, 2.05) is 28.9 Å². The van der Waals surface area contributed by atoms with Gasteiger partial charge in [-0.3, -0.25) is 4.79 Å². The smallest absolute Gasteiger partial charge is 0.255 e. The molecule has 0 saturated carbocycles. The summed E-state index contributed by atoms with van der Waals surface area (Å²) in [5.41, 5.74) is 2.40. The van der Waals surface area contributed by atoms with Gasteiger partial charge in [-0.05, 0) is 43.5 Å². The third-order valence-corrected chi connectivity index (χ3v) is 4.52. The largest absolute Gasteiger partial charge is 0.348 e. The van der Waals surface area contributed by atoms with Crippen molar-refractivity contribution < 1.29 is 4.79 Å². The molecule has 2 aromatic rings. The van der Waals surface area contributed by atoms with E-state index in [9.17, 15) is 4.79 Å². The minimum atomic E-state index is -0.0549. The molecule has 1 atom stereocenters. The second-order valence-electron chi connectivity index (χ2n) is 6.51. The number of carbonyl (C=O) groups excluding carboxylic acids is 1. The fourth-order valence-corrected chi connectivity index (χ4v) is 3.32. The predicted molar refractivity (Wildman–Crippen MR) is 96.0 cm³/mol. The van der Waals surface area contributed by atoms with Crippen molar-refractivity contribution in [3.05, 3.63) is 46.7 Å². The Hall–Kier alpha value is -1.85. The Bertz CT molecular complexity index is 720. The lowest BCUT2D eigenvalue weighted by Gasteiger charge is -2.24. The lowest BCUT2D eigenvalue weighted by Crippen LogP contribution is -2.45. The van der Waals surface area contributed by atoms with E-state index in [0.717, 1.165) is 37.3 Å². The van der Waals surface area contributed by atoms with Gasteiger partial charge in [0.15, 0.2) is 0 Å². The van der Waals surface area contributed by atoms with Crippen LogP contribution in [-0.4, -0.2) is 34.8 Å². The number of nitrogens with one attached hydrogen (secondary N) is 2. The van der Waals surface area contributed by atoms with Gasteiger partial charge < -0.3 is 10.6 Å². The van der Waals surface area contributed by atoms with Gasteiger partial charge in [-0.25, -0.2) is 4.68 Å². The van der Waals surface area contributed by atoms with E-state index >= 15 is 0 Å². The van der Waals surface area contributed by atoms with Gasteiger partial charge in [0.2, 0.25) is 0 Å². The minimum absolute atomic E-state index is 0.0549. The van der Waals surface area contributed by atoms with Gasteiger partial charge in [-0.1, -0.05) is 31.5 Å². The van der Waals surface area contributed by atoms with Crippen LogP contribution in [0, 0.1) is 0 Å². The number of hydrogen-bond acceptors (Lipinski definition) is 3. The van der Waals surface area contributed by atoms with Crippen LogP contribution in [0.5, 0.6) is 0 Å². The number of rotatable bonds is 4. The molecule has 3 rings (SSSR count). The Kier molecular flexibility index (Phi) is 5.21. The summed E-state index contributed by atoms with van der Waals surface area (Å²) >= 11 is 6.10. The van der Waals surface area contributed by atoms with Gasteiger partial charge in [0.05, 0.1) is 23.1 Å². The van der Waals surface area contributed by atoms with Crippen LogP contribution in [0.3, 0.4) is 0 Å². The molecule has 1 amide bonds. The van der Waals surface area contributed by atoms with Crippen LogP contribution in [0.1, 0.15) is 48.7 Å². The summed E-state index contributed by atoms with van der Waals surface area (Å²) in [6, 6.07) is 7.69.